The van der Waals surface area contributed by atoms with E-state index < -0.39 is 24.0 Å². The molecule has 3 N–H and O–H groups in total. The number of aliphatic hydroxyl groups is 1. The molecule has 20 heavy (non-hydrogen) atoms. The maximum Gasteiger partial charge on any atom is 0.410 e. The predicted molar refractivity (Wildman–Crippen MR) is 71.5 cm³/mol. The summed E-state index contributed by atoms with van der Waals surface area (Å²) in [7, 11) is 0. The number of amides is 2. The molecule has 0 aromatic heterocycles. The van der Waals surface area contributed by atoms with Gasteiger partial charge in [-0.05, 0) is 12.0 Å². The van der Waals surface area contributed by atoms with Gasteiger partial charge in [0.2, 0.25) is 5.91 Å². The van der Waals surface area contributed by atoms with Gasteiger partial charge in [-0.25, -0.2) is 4.79 Å². The lowest BCUT2D eigenvalue weighted by Crippen LogP contribution is -2.50. The third-order valence-electron chi connectivity index (χ3n) is 3.41. The second-order valence-electron chi connectivity index (χ2n) is 4.85. The molecule has 2 rings (SSSR count). The summed E-state index contributed by atoms with van der Waals surface area (Å²) in [5.41, 5.74) is 6.10. The fraction of sp³-hybridized carbons (Fsp3) is 0.429. The summed E-state index contributed by atoms with van der Waals surface area (Å²) < 4.78 is 5.18. The molecule has 1 aliphatic heterocycles. The molecule has 0 saturated carbocycles. The molecule has 1 saturated heterocycles. The molecule has 1 aromatic rings. The highest BCUT2D eigenvalue weighted by molar-refractivity contribution is 5.78. The molecule has 1 aromatic carbocycles. The molecule has 1 fully saturated rings. The van der Waals surface area contributed by atoms with E-state index in [-0.39, 0.29) is 13.2 Å². The van der Waals surface area contributed by atoms with E-state index >= 15 is 0 Å². The highest BCUT2D eigenvalue weighted by atomic mass is 16.6. The van der Waals surface area contributed by atoms with Crippen LogP contribution in [0.25, 0.3) is 0 Å². The van der Waals surface area contributed by atoms with Crippen LogP contribution >= 0.6 is 0 Å². The lowest BCUT2D eigenvalue weighted by molar-refractivity contribution is -0.127. The van der Waals surface area contributed by atoms with E-state index in [0.717, 1.165) is 5.56 Å². The molecule has 108 valence electrons. The van der Waals surface area contributed by atoms with Crippen LogP contribution in [0, 0.1) is 5.92 Å². The van der Waals surface area contributed by atoms with Crippen LogP contribution in [0.2, 0.25) is 0 Å². The summed E-state index contributed by atoms with van der Waals surface area (Å²) in [4.78, 5) is 24.5. The first-order valence-electron chi connectivity index (χ1n) is 6.51. The Bertz CT molecular complexity index is 477. The topological polar surface area (TPSA) is 92.9 Å². The van der Waals surface area contributed by atoms with E-state index in [4.69, 9.17) is 10.5 Å². The average molecular weight is 278 g/mol. The number of nitrogens with two attached hydrogens (primary N) is 1. The SMILES string of the molecule is NC(=O)C1CN(C(=O)OCc2ccccc2)CCC1O. The third kappa shape index (κ3) is 3.48. The molecular formula is C14H18N2O4. The van der Waals surface area contributed by atoms with Gasteiger partial charge in [0, 0.05) is 13.1 Å². The number of benzene rings is 1. The predicted octanol–water partition coefficient (Wildman–Crippen LogP) is 0.491. The maximum absolute atomic E-state index is 11.9. The molecule has 6 nitrogen and oxygen atoms in total. The zero-order valence-corrected chi connectivity index (χ0v) is 11.1. The Morgan fingerprint density at radius 1 is 1.35 bits per heavy atom. The smallest absolute Gasteiger partial charge is 0.410 e. The summed E-state index contributed by atoms with van der Waals surface area (Å²) in [6, 6.07) is 9.33. The van der Waals surface area contributed by atoms with E-state index in [1.54, 1.807) is 0 Å². The standard InChI is InChI=1S/C14H18N2O4/c15-13(18)11-8-16(7-6-12(11)17)14(19)20-9-10-4-2-1-3-5-10/h1-5,11-12,17H,6-9H2,(H2,15,18). The Labute approximate surface area is 117 Å². The van der Waals surface area contributed by atoms with Crippen LogP contribution in [-0.4, -0.2) is 41.2 Å². The molecule has 2 unspecified atom stereocenters. The molecule has 0 bridgehead atoms. The fourth-order valence-electron chi connectivity index (χ4n) is 2.20. The third-order valence-corrected chi connectivity index (χ3v) is 3.41. The Kier molecular flexibility index (Phi) is 4.57. The summed E-state index contributed by atoms with van der Waals surface area (Å²) in [5, 5.41) is 9.67. The first kappa shape index (κ1) is 14.3. The minimum absolute atomic E-state index is 0.101. The van der Waals surface area contributed by atoms with Gasteiger partial charge in [0.25, 0.3) is 0 Å². The van der Waals surface area contributed by atoms with Crippen LogP contribution < -0.4 is 5.73 Å². The van der Waals surface area contributed by atoms with Crippen molar-refractivity contribution >= 4 is 12.0 Å². The first-order valence-corrected chi connectivity index (χ1v) is 6.51. The second kappa shape index (κ2) is 6.38. The molecule has 0 spiro atoms. The normalized spacial score (nSPS) is 22.4. The van der Waals surface area contributed by atoms with Crippen LogP contribution in [0.5, 0.6) is 0 Å². The number of piperidine rings is 1. The van der Waals surface area contributed by atoms with Crippen LogP contribution in [0.15, 0.2) is 30.3 Å². The number of carbonyl (C=O) groups is 2. The van der Waals surface area contributed by atoms with Gasteiger partial charge in [-0.1, -0.05) is 30.3 Å². The fourth-order valence-corrected chi connectivity index (χ4v) is 2.20. The summed E-state index contributed by atoms with van der Waals surface area (Å²) in [6.07, 6.45) is -0.953. The number of primary amides is 1. The number of hydrogen-bond donors (Lipinski definition) is 2. The quantitative estimate of drug-likeness (QED) is 0.841. The van der Waals surface area contributed by atoms with E-state index in [0.29, 0.717) is 13.0 Å². The Morgan fingerprint density at radius 2 is 2.05 bits per heavy atom. The van der Waals surface area contributed by atoms with Gasteiger partial charge in [-0.2, -0.15) is 0 Å². The van der Waals surface area contributed by atoms with Gasteiger partial charge in [0.05, 0.1) is 12.0 Å². The van der Waals surface area contributed by atoms with Gasteiger partial charge >= 0.3 is 6.09 Å². The number of ether oxygens (including phenoxy) is 1. The highest BCUT2D eigenvalue weighted by Crippen LogP contribution is 2.18. The van der Waals surface area contributed by atoms with Crippen molar-refractivity contribution < 1.29 is 19.4 Å². The van der Waals surface area contributed by atoms with E-state index in [1.165, 1.54) is 4.90 Å². The first-order chi connectivity index (χ1) is 9.58. The summed E-state index contributed by atoms with van der Waals surface area (Å²) >= 11 is 0. The van der Waals surface area contributed by atoms with Crippen molar-refractivity contribution in [2.45, 2.75) is 19.1 Å². The van der Waals surface area contributed by atoms with Crippen LogP contribution in [0.3, 0.4) is 0 Å². The van der Waals surface area contributed by atoms with Gasteiger partial charge in [0.15, 0.2) is 0 Å². The number of likely N-dealkylation sites (tertiary alicyclic amines) is 1. The van der Waals surface area contributed by atoms with Gasteiger partial charge in [-0.3, -0.25) is 4.79 Å². The number of hydrogen-bond acceptors (Lipinski definition) is 4. The summed E-state index contributed by atoms with van der Waals surface area (Å²) in [6.45, 7) is 0.642. The zero-order valence-electron chi connectivity index (χ0n) is 11.1. The Balaban J connectivity index is 1.88. The zero-order chi connectivity index (χ0) is 14.5. The van der Waals surface area contributed by atoms with Crippen molar-refractivity contribution in [2.24, 2.45) is 11.7 Å². The van der Waals surface area contributed by atoms with Gasteiger partial charge < -0.3 is 20.5 Å². The van der Waals surface area contributed by atoms with Crippen LogP contribution in [0.1, 0.15) is 12.0 Å². The monoisotopic (exact) mass is 278 g/mol. The molecule has 1 heterocycles. The number of nitrogens with zero attached hydrogens (tertiary/aromatic N) is 1. The number of aliphatic hydroxyl groups excluding tert-OH is 1. The van der Waals surface area contributed by atoms with Crippen molar-refractivity contribution in [3.05, 3.63) is 35.9 Å². The maximum atomic E-state index is 11.9. The minimum atomic E-state index is -0.786. The van der Waals surface area contributed by atoms with E-state index in [1.807, 2.05) is 30.3 Å². The lowest BCUT2D eigenvalue weighted by atomic mass is 9.94. The molecule has 6 heteroatoms. The Hall–Kier alpha value is -2.08. The van der Waals surface area contributed by atoms with Crippen molar-refractivity contribution in [3.8, 4) is 0 Å². The molecule has 0 radical (unpaired) electrons. The van der Waals surface area contributed by atoms with E-state index in [2.05, 4.69) is 0 Å². The number of rotatable bonds is 3. The van der Waals surface area contributed by atoms with E-state index in [9.17, 15) is 14.7 Å². The molecular weight excluding hydrogens is 260 g/mol. The molecule has 2 amide bonds. The number of carbonyl (C=O) groups excluding carboxylic acids is 2. The molecule has 2 atom stereocenters. The Morgan fingerprint density at radius 3 is 2.70 bits per heavy atom. The lowest BCUT2D eigenvalue weighted by Gasteiger charge is -2.33. The minimum Gasteiger partial charge on any atom is -0.445 e. The average Bonchev–Trinajstić information content (AvgIpc) is 2.46. The second-order valence-corrected chi connectivity index (χ2v) is 4.85. The van der Waals surface area contributed by atoms with Crippen molar-refractivity contribution in [1.29, 1.82) is 0 Å². The largest absolute Gasteiger partial charge is 0.445 e. The van der Waals surface area contributed by atoms with Gasteiger partial charge in [-0.15, -0.1) is 0 Å². The van der Waals surface area contributed by atoms with Crippen molar-refractivity contribution in [2.75, 3.05) is 13.1 Å². The molecule has 1 aliphatic rings. The highest BCUT2D eigenvalue weighted by Gasteiger charge is 2.34. The van der Waals surface area contributed by atoms with Crippen LogP contribution in [0.4, 0.5) is 4.79 Å². The van der Waals surface area contributed by atoms with Gasteiger partial charge in [0.1, 0.15) is 6.61 Å². The van der Waals surface area contributed by atoms with Crippen molar-refractivity contribution in [1.82, 2.24) is 4.90 Å². The van der Waals surface area contributed by atoms with Crippen LogP contribution in [-0.2, 0) is 16.1 Å². The summed E-state index contributed by atoms with van der Waals surface area (Å²) in [5.74, 6) is -1.33. The molecule has 0 aliphatic carbocycles. The van der Waals surface area contributed by atoms with Crippen molar-refractivity contribution in [3.63, 3.8) is 0 Å².